The summed E-state index contributed by atoms with van der Waals surface area (Å²) in [5.74, 6) is -0.262. The van der Waals surface area contributed by atoms with Crippen LogP contribution < -0.4 is 10.1 Å². The molecule has 0 aliphatic rings. The number of anilines is 1. The highest BCUT2D eigenvalue weighted by Gasteiger charge is 2.18. The molecular weight excluding hydrogens is 440 g/mol. The fraction of sp³-hybridized carbons (Fsp3) is 0.280. The highest BCUT2D eigenvalue weighted by Crippen LogP contribution is 2.18. The molecule has 8 heteroatoms. The second kappa shape index (κ2) is 10.9. The molecule has 0 bridgehead atoms. The van der Waals surface area contributed by atoms with E-state index < -0.39 is 12.1 Å². The molecule has 2 aromatic carbocycles. The summed E-state index contributed by atoms with van der Waals surface area (Å²) in [7, 11) is 0. The monoisotopic (exact) mass is 466 g/mol. The smallest absolute Gasteiger partial charge is 0.347 e. The van der Waals surface area contributed by atoms with Gasteiger partial charge < -0.3 is 14.8 Å². The number of ether oxygens (including phenoxy) is 2. The number of hydrogen-bond donors (Lipinski definition) is 1. The molecule has 1 unspecified atom stereocenters. The van der Waals surface area contributed by atoms with Crippen molar-refractivity contribution in [1.82, 2.24) is 4.98 Å². The van der Waals surface area contributed by atoms with Crippen LogP contribution >= 0.6 is 11.3 Å². The van der Waals surface area contributed by atoms with Crippen molar-refractivity contribution in [1.29, 1.82) is 0 Å². The Hall–Kier alpha value is -3.52. The first-order chi connectivity index (χ1) is 15.7. The lowest BCUT2D eigenvalue weighted by Gasteiger charge is -2.13. The lowest BCUT2D eigenvalue weighted by Crippen LogP contribution is -2.26. The van der Waals surface area contributed by atoms with E-state index in [1.54, 1.807) is 36.6 Å². The van der Waals surface area contributed by atoms with Gasteiger partial charge in [-0.05, 0) is 69.2 Å². The van der Waals surface area contributed by atoms with Crippen molar-refractivity contribution in [3.63, 3.8) is 0 Å². The minimum Gasteiger partial charge on any atom is -0.479 e. The highest BCUT2D eigenvalue weighted by atomic mass is 32.1. The molecule has 1 amide bonds. The first kappa shape index (κ1) is 24.1. The molecular formula is C25H26N2O5S. The Bertz CT molecular complexity index is 1150. The van der Waals surface area contributed by atoms with Crippen molar-refractivity contribution in [2.45, 2.75) is 46.8 Å². The highest BCUT2D eigenvalue weighted by molar-refractivity contribution is 7.09. The van der Waals surface area contributed by atoms with Gasteiger partial charge in [0.25, 0.3) is 0 Å². The number of aromatic nitrogens is 1. The number of esters is 1. The summed E-state index contributed by atoms with van der Waals surface area (Å²) in [6, 6.07) is 12.4. The molecule has 1 atom stereocenters. The molecule has 33 heavy (non-hydrogen) atoms. The number of nitrogens with zero attached hydrogens (tertiary/aromatic N) is 1. The molecule has 0 radical (unpaired) electrons. The van der Waals surface area contributed by atoms with Gasteiger partial charge in [0.15, 0.2) is 11.9 Å². The lowest BCUT2D eigenvalue weighted by molar-refractivity contribution is -0.152. The van der Waals surface area contributed by atoms with Crippen LogP contribution in [0.1, 0.15) is 46.0 Å². The molecule has 0 spiro atoms. The van der Waals surface area contributed by atoms with Gasteiger partial charge in [0.1, 0.15) is 17.4 Å². The van der Waals surface area contributed by atoms with E-state index in [9.17, 15) is 14.4 Å². The van der Waals surface area contributed by atoms with Gasteiger partial charge in [-0.1, -0.05) is 12.1 Å². The Morgan fingerprint density at radius 2 is 1.82 bits per heavy atom. The molecule has 0 aliphatic heterocycles. The van der Waals surface area contributed by atoms with Crippen LogP contribution in [0.4, 0.5) is 5.69 Å². The summed E-state index contributed by atoms with van der Waals surface area (Å²) in [6.45, 7) is 6.98. The van der Waals surface area contributed by atoms with Crippen LogP contribution in [0.3, 0.4) is 0 Å². The van der Waals surface area contributed by atoms with E-state index in [0.717, 1.165) is 16.8 Å². The van der Waals surface area contributed by atoms with Crippen LogP contribution in [0.5, 0.6) is 5.75 Å². The zero-order chi connectivity index (χ0) is 24.0. The van der Waals surface area contributed by atoms with Crippen molar-refractivity contribution in [2.24, 2.45) is 0 Å². The van der Waals surface area contributed by atoms with Crippen LogP contribution in [0, 0.1) is 13.8 Å². The minimum atomic E-state index is -0.824. The third-order valence-electron chi connectivity index (χ3n) is 4.85. The van der Waals surface area contributed by atoms with Crippen LogP contribution in [-0.2, 0) is 27.4 Å². The number of amides is 1. The maximum Gasteiger partial charge on any atom is 0.347 e. The van der Waals surface area contributed by atoms with E-state index in [4.69, 9.17) is 9.47 Å². The van der Waals surface area contributed by atoms with E-state index in [1.165, 1.54) is 18.3 Å². The quantitative estimate of drug-likeness (QED) is 0.364. The molecule has 3 rings (SSSR count). The normalized spacial score (nSPS) is 11.5. The van der Waals surface area contributed by atoms with Crippen molar-refractivity contribution < 1.29 is 23.9 Å². The number of carbonyl (C=O) groups is 3. The summed E-state index contributed by atoms with van der Waals surface area (Å²) in [6.07, 6.45) is -0.684. The predicted octanol–water partition coefficient (Wildman–Crippen LogP) is 4.65. The van der Waals surface area contributed by atoms with E-state index in [2.05, 4.69) is 10.3 Å². The zero-order valence-electron chi connectivity index (χ0n) is 19.0. The number of ketones is 1. The predicted molar refractivity (Wildman–Crippen MR) is 127 cm³/mol. The molecule has 0 fully saturated rings. The topological polar surface area (TPSA) is 94.6 Å². The average molecular weight is 467 g/mol. The van der Waals surface area contributed by atoms with E-state index >= 15 is 0 Å². The Balaban J connectivity index is 1.47. The maximum atomic E-state index is 12.4. The summed E-state index contributed by atoms with van der Waals surface area (Å²) >= 11 is 1.34. The van der Waals surface area contributed by atoms with Gasteiger partial charge in [0.05, 0.1) is 12.1 Å². The summed E-state index contributed by atoms with van der Waals surface area (Å²) < 4.78 is 10.9. The summed E-state index contributed by atoms with van der Waals surface area (Å²) in [4.78, 5) is 40.3. The third-order valence-corrected chi connectivity index (χ3v) is 5.74. The Morgan fingerprint density at radius 3 is 2.52 bits per heavy atom. The lowest BCUT2D eigenvalue weighted by atomic mass is 10.1. The molecule has 0 saturated carbocycles. The molecule has 3 aromatic rings. The number of rotatable bonds is 9. The molecule has 1 heterocycles. The average Bonchev–Trinajstić information content (AvgIpc) is 3.22. The SMILES string of the molecule is CC(=O)c1ccc(OC(C)C(=O)OCc2csc(CC(=O)Nc3cc(C)ccc3C)n2)cc1. The van der Waals surface area contributed by atoms with Gasteiger partial charge in [0, 0.05) is 16.6 Å². The summed E-state index contributed by atoms with van der Waals surface area (Å²) in [5.41, 5.74) is 3.99. The van der Waals surface area contributed by atoms with Gasteiger partial charge in [-0.2, -0.15) is 0 Å². The van der Waals surface area contributed by atoms with E-state index in [1.807, 2.05) is 32.0 Å². The molecule has 1 aromatic heterocycles. The molecule has 0 aliphatic carbocycles. The molecule has 7 nitrogen and oxygen atoms in total. The number of hydrogen-bond acceptors (Lipinski definition) is 7. The number of aryl methyl sites for hydroxylation is 2. The second-order valence-corrected chi connectivity index (χ2v) is 8.67. The Labute approximate surface area is 196 Å². The minimum absolute atomic E-state index is 0.00901. The van der Waals surface area contributed by atoms with Crippen LogP contribution in [-0.4, -0.2) is 28.7 Å². The van der Waals surface area contributed by atoms with Gasteiger partial charge in [-0.15, -0.1) is 11.3 Å². The second-order valence-electron chi connectivity index (χ2n) is 7.72. The van der Waals surface area contributed by atoms with E-state index in [-0.39, 0.29) is 24.7 Å². The van der Waals surface area contributed by atoms with Crippen LogP contribution in [0.2, 0.25) is 0 Å². The van der Waals surface area contributed by atoms with Crippen LogP contribution in [0.25, 0.3) is 0 Å². The fourth-order valence-electron chi connectivity index (χ4n) is 2.98. The van der Waals surface area contributed by atoms with Gasteiger partial charge in [-0.3, -0.25) is 9.59 Å². The van der Waals surface area contributed by atoms with Crippen molar-refractivity contribution in [3.8, 4) is 5.75 Å². The molecule has 172 valence electrons. The number of carbonyl (C=O) groups excluding carboxylic acids is 3. The van der Waals surface area contributed by atoms with Gasteiger partial charge in [-0.25, -0.2) is 9.78 Å². The van der Waals surface area contributed by atoms with Crippen LogP contribution in [0.15, 0.2) is 47.8 Å². The largest absolute Gasteiger partial charge is 0.479 e. The number of Topliss-reactive ketones (excluding diaryl/α,β-unsaturated/α-hetero) is 1. The number of thiazole rings is 1. The van der Waals surface area contributed by atoms with E-state index in [0.29, 0.717) is 22.0 Å². The third kappa shape index (κ3) is 6.98. The van der Waals surface area contributed by atoms with Gasteiger partial charge >= 0.3 is 5.97 Å². The Kier molecular flexibility index (Phi) is 7.95. The van der Waals surface area contributed by atoms with Crippen molar-refractivity contribution >= 4 is 34.7 Å². The number of benzene rings is 2. The molecule has 1 N–H and O–H groups in total. The standard InChI is InChI=1S/C25H26N2O5S/c1-15-5-6-16(2)22(11-15)27-23(29)12-24-26-20(14-33-24)13-31-25(30)18(4)32-21-9-7-19(8-10-21)17(3)28/h5-11,14,18H,12-13H2,1-4H3,(H,27,29). The van der Waals surface area contributed by atoms with Gasteiger partial charge in [0.2, 0.25) is 5.91 Å². The first-order valence-electron chi connectivity index (χ1n) is 10.5. The first-order valence-corrected chi connectivity index (χ1v) is 11.3. The number of nitrogens with one attached hydrogen (secondary N) is 1. The maximum absolute atomic E-state index is 12.4. The summed E-state index contributed by atoms with van der Waals surface area (Å²) in [5, 5.41) is 5.32. The van der Waals surface area contributed by atoms with Crippen molar-refractivity contribution in [2.75, 3.05) is 5.32 Å². The zero-order valence-corrected chi connectivity index (χ0v) is 19.8. The fourth-order valence-corrected chi connectivity index (χ4v) is 3.76. The Morgan fingerprint density at radius 1 is 1.09 bits per heavy atom. The molecule has 0 saturated heterocycles. The van der Waals surface area contributed by atoms with Crippen molar-refractivity contribution in [3.05, 3.63) is 75.2 Å².